The number of primary amides is 1. The van der Waals surface area contributed by atoms with Crippen LogP contribution in [-0.4, -0.2) is 30.9 Å². The van der Waals surface area contributed by atoms with Crippen LogP contribution in [0.15, 0.2) is 40.6 Å². The van der Waals surface area contributed by atoms with Crippen LogP contribution in [0.25, 0.3) is 0 Å². The molecule has 0 aliphatic rings. The van der Waals surface area contributed by atoms with E-state index in [1.54, 1.807) is 14.1 Å². The molecule has 2 rings (SSSR count). The van der Waals surface area contributed by atoms with Gasteiger partial charge in [-0.15, -0.1) is 23.1 Å². The minimum atomic E-state index is -0.536. The van der Waals surface area contributed by atoms with Gasteiger partial charge in [-0.3, -0.25) is 10.1 Å². The number of thioether (sulfide) groups is 1. The lowest BCUT2D eigenvalue weighted by Crippen LogP contribution is -2.28. The molecule has 0 aliphatic heterocycles. The number of anilines is 1. The average molecular weight is 335 g/mol. The van der Waals surface area contributed by atoms with Gasteiger partial charge in [-0.1, -0.05) is 30.3 Å². The summed E-state index contributed by atoms with van der Waals surface area (Å²) in [6, 6.07) is 9.67. The Hall–Kier alpha value is -1.99. The first-order chi connectivity index (χ1) is 10.5. The van der Waals surface area contributed by atoms with E-state index in [0.29, 0.717) is 10.6 Å². The maximum absolute atomic E-state index is 11.7. The van der Waals surface area contributed by atoms with Crippen molar-refractivity contribution in [1.82, 2.24) is 4.90 Å². The highest BCUT2D eigenvalue weighted by Gasteiger charge is 2.19. The lowest BCUT2D eigenvalue weighted by atomic mass is 10.2. The number of hydrogen-bond donors (Lipinski definition) is 2. The van der Waals surface area contributed by atoms with Crippen molar-refractivity contribution >= 4 is 40.0 Å². The van der Waals surface area contributed by atoms with E-state index in [-0.39, 0.29) is 6.03 Å². The Morgan fingerprint density at radius 2 is 1.95 bits per heavy atom. The van der Waals surface area contributed by atoms with Crippen LogP contribution in [-0.2, 0) is 5.75 Å². The summed E-state index contributed by atoms with van der Waals surface area (Å²) in [4.78, 5) is 25.6. The summed E-state index contributed by atoms with van der Waals surface area (Å²) in [7, 11) is 3.27. The smallest absolute Gasteiger partial charge is 0.321 e. The number of rotatable bonds is 5. The molecule has 22 heavy (non-hydrogen) atoms. The molecule has 0 aliphatic carbocycles. The molecule has 1 aromatic carbocycles. The van der Waals surface area contributed by atoms with Crippen LogP contribution in [0.2, 0.25) is 0 Å². The van der Waals surface area contributed by atoms with Crippen molar-refractivity contribution in [2.75, 3.05) is 19.4 Å². The maximum atomic E-state index is 11.7. The van der Waals surface area contributed by atoms with E-state index in [4.69, 9.17) is 5.73 Å². The highest BCUT2D eigenvalue weighted by molar-refractivity contribution is 7.98. The number of amides is 3. The van der Waals surface area contributed by atoms with Crippen molar-refractivity contribution < 1.29 is 9.59 Å². The molecule has 0 saturated carbocycles. The van der Waals surface area contributed by atoms with Gasteiger partial charge in [0.25, 0.3) is 5.91 Å². The van der Waals surface area contributed by atoms with E-state index in [9.17, 15) is 9.59 Å². The van der Waals surface area contributed by atoms with Gasteiger partial charge in [0.2, 0.25) is 0 Å². The summed E-state index contributed by atoms with van der Waals surface area (Å²) >= 11 is 2.83. The van der Waals surface area contributed by atoms with Gasteiger partial charge < -0.3 is 10.6 Å². The normalized spacial score (nSPS) is 10.3. The largest absolute Gasteiger partial charge is 0.365 e. The van der Waals surface area contributed by atoms with Crippen molar-refractivity contribution in [1.29, 1.82) is 0 Å². The number of carbonyl (C=O) groups excluding carboxylic acids is 2. The average Bonchev–Trinajstić information content (AvgIpc) is 2.89. The van der Waals surface area contributed by atoms with Gasteiger partial charge in [-0.2, -0.15) is 0 Å². The first kappa shape index (κ1) is 16.4. The highest BCUT2D eigenvalue weighted by atomic mass is 32.2. The van der Waals surface area contributed by atoms with Crippen molar-refractivity contribution in [2.45, 2.75) is 10.6 Å². The molecule has 7 heteroatoms. The number of benzene rings is 1. The Morgan fingerprint density at radius 1 is 1.27 bits per heavy atom. The zero-order chi connectivity index (χ0) is 16.1. The third-order valence-corrected chi connectivity index (χ3v) is 5.02. The summed E-state index contributed by atoms with van der Waals surface area (Å²) < 4.78 is 0. The Labute approximate surface area is 137 Å². The first-order valence-corrected chi connectivity index (χ1v) is 8.42. The lowest BCUT2D eigenvalue weighted by Gasteiger charge is -2.11. The van der Waals surface area contributed by atoms with Crippen molar-refractivity contribution in [2.24, 2.45) is 5.73 Å². The molecule has 0 fully saturated rings. The van der Waals surface area contributed by atoms with E-state index >= 15 is 0 Å². The van der Waals surface area contributed by atoms with E-state index in [2.05, 4.69) is 5.32 Å². The molecule has 0 unspecified atom stereocenters. The lowest BCUT2D eigenvalue weighted by molar-refractivity contribution is 0.0999. The van der Waals surface area contributed by atoms with Gasteiger partial charge in [-0.25, -0.2) is 4.79 Å². The van der Waals surface area contributed by atoms with Gasteiger partial charge in [0.05, 0.1) is 5.56 Å². The number of nitrogens with one attached hydrogen (secondary N) is 1. The molecule has 0 spiro atoms. The third-order valence-electron chi connectivity index (χ3n) is 2.87. The van der Waals surface area contributed by atoms with Crippen LogP contribution in [0.5, 0.6) is 0 Å². The van der Waals surface area contributed by atoms with E-state index in [0.717, 1.165) is 16.2 Å². The number of urea groups is 1. The van der Waals surface area contributed by atoms with E-state index in [1.165, 1.54) is 28.0 Å². The highest BCUT2D eigenvalue weighted by Crippen LogP contribution is 2.36. The molecule has 0 saturated heterocycles. The van der Waals surface area contributed by atoms with Crippen LogP contribution in [0.4, 0.5) is 9.80 Å². The van der Waals surface area contributed by atoms with Crippen LogP contribution in [0, 0.1) is 0 Å². The predicted octanol–water partition coefficient (Wildman–Crippen LogP) is 3.23. The summed E-state index contributed by atoms with van der Waals surface area (Å²) in [5, 5.41) is 5.04. The standard InChI is InChI=1S/C15H17N3O2S2/c1-18(2)15(20)17-14-12(13(16)19)11(9-22-14)21-8-10-6-4-3-5-7-10/h3-7,9H,8H2,1-2H3,(H2,16,19)(H,17,20). The Morgan fingerprint density at radius 3 is 2.55 bits per heavy atom. The monoisotopic (exact) mass is 335 g/mol. The number of nitrogens with zero attached hydrogens (tertiary/aromatic N) is 1. The Kier molecular flexibility index (Phi) is 5.46. The van der Waals surface area contributed by atoms with Gasteiger partial charge >= 0.3 is 6.03 Å². The summed E-state index contributed by atoms with van der Waals surface area (Å²) in [6.45, 7) is 0. The van der Waals surface area contributed by atoms with Gasteiger partial charge in [0.1, 0.15) is 5.00 Å². The molecular formula is C15H17N3O2S2. The summed E-state index contributed by atoms with van der Waals surface area (Å²) in [6.07, 6.45) is 0. The zero-order valence-corrected chi connectivity index (χ0v) is 14.0. The number of nitrogens with two attached hydrogens (primary N) is 1. The van der Waals surface area contributed by atoms with Crippen LogP contribution in [0.3, 0.4) is 0 Å². The van der Waals surface area contributed by atoms with Crippen LogP contribution >= 0.6 is 23.1 Å². The fraction of sp³-hybridized carbons (Fsp3) is 0.200. The zero-order valence-electron chi connectivity index (χ0n) is 12.3. The van der Waals surface area contributed by atoms with Gasteiger partial charge in [-0.05, 0) is 5.56 Å². The fourth-order valence-corrected chi connectivity index (χ4v) is 3.88. The molecule has 1 heterocycles. The minimum absolute atomic E-state index is 0.288. The molecule has 2 aromatic rings. The van der Waals surface area contributed by atoms with E-state index < -0.39 is 5.91 Å². The second-order valence-corrected chi connectivity index (χ2v) is 6.66. The summed E-state index contributed by atoms with van der Waals surface area (Å²) in [5.74, 6) is 0.199. The molecule has 1 aromatic heterocycles. The molecule has 3 N–H and O–H groups in total. The Balaban J connectivity index is 2.16. The van der Waals surface area contributed by atoms with Gasteiger partial charge in [0.15, 0.2) is 0 Å². The molecule has 0 radical (unpaired) electrons. The fourth-order valence-electron chi connectivity index (χ4n) is 1.72. The first-order valence-electron chi connectivity index (χ1n) is 6.55. The SMILES string of the molecule is CN(C)C(=O)Nc1scc(SCc2ccccc2)c1C(N)=O. The minimum Gasteiger partial charge on any atom is -0.365 e. The number of carbonyl (C=O) groups is 2. The van der Waals surface area contributed by atoms with Crippen LogP contribution in [0.1, 0.15) is 15.9 Å². The molecule has 0 atom stereocenters. The summed E-state index contributed by atoms with van der Waals surface area (Å²) in [5.41, 5.74) is 7.01. The number of thiophene rings is 1. The van der Waals surface area contributed by atoms with E-state index in [1.807, 2.05) is 35.7 Å². The third kappa shape index (κ3) is 4.02. The molecule has 3 amide bonds. The molecule has 5 nitrogen and oxygen atoms in total. The van der Waals surface area contributed by atoms with Gasteiger partial charge in [0, 0.05) is 30.1 Å². The molecular weight excluding hydrogens is 318 g/mol. The topological polar surface area (TPSA) is 75.4 Å². The second-order valence-electron chi connectivity index (χ2n) is 4.77. The van der Waals surface area contributed by atoms with Crippen molar-refractivity contribution in [3.63, 3.8) is 0 Å². The Bertz CT molecular complexity index is 669. The second kappa shape index (κ2) is 7.33. The van der Waals surface area contributed by atoms with Crippen molar-refractivity contribution in [3.05, 3.63) is 46.8 Å². The maximum Gasteiger partial charge on any atom is 0.321 e. The number of hydrogen-bond acceptors (Lipinski definition) is 4. The molecule has 116 valence electrons. The predicted molar refractivity (Wildman–Crippen MR) is 91.5 cm³/mol. The van der Waals surface area contributed by atoms with Crippen molar-refractivity contribution in [3.8, 4) is 0 Å². The van der Waals surface area contributed by atoms with Crippen LogP contribution < -0.4 is 11.1 Å². The quantitative estimate of drug-likeness (QED) is 0.824. The molecule has 0 bridgehead atoms.